The number of ether oxygens (including phenoxy) is 2. The molecular formula is C3H2Br2O3. The molecule has 0 radical (unpaired) electrons. The molecule has 0 aromatic rings. The zero-order valence-corrected chi connectivity index (χ0v) is 6.81. The van der Waals surface area contributed by atoms with Gasteiger partial charge in [0, 0.05) is 0 Å². The highest BCUT2D eigenvalue weighted by molar-refractivity contribution is 9.12. The van der Waals surface area contributed by atoms with E-state index in [-0.39, 0.29) is 10.0 Å². The van der Waals surface area contributed by atoms with Gasteiger partial charge in [0.15, 0.2) is 0 Å². The minimum Gasteiger partial charge on any atom is -0.414 e. The summed E-state index contributed by atoms with van der Waals surface area (Å²) in [6.07, 6.45) is -0.645. The third-order valence-corrected chi connectivity index (χ3v) is 2.67. The molecule has 0 bridgehead atoms. The first-order valence-electron chi connectivity index (χ1n) is 1.85. The summed E-state index contributed by atoms with van der Waals surface area (Å²) in [5.74, 6) is 0. The maximum atomic E-state index is 10.2. The van der Waals surface area contributed by atoms with Crippen LogP contribution >= 0.6 is 31.9 Å². The third kappa shape index (κ3) is 1.14. The molecular weight excluding hydrogens is 244 g/mol. The molecule has 0 amide bonds. The van der Waals surface area contributed by atoms with E-state index in [0.29, 0.717) is 0 Å². The topological polar surface area (TPSA) is 35.5 Å². The molecule has 1 rings (SSSR count). The van der Waals surface area contributed by atoms with Gasteiger partial charge in [-0.15, -0.1) is 0 Å². The van der Waals surface area contributed by atoms with Crippen molar-refractivity contribution in [3.63, 3.8) is 0 Å². The highest BCUT2D eigenvalue weighted by Gasteiger charge is 2.31. The number of halogens is 2. The number of rotatable bonds is 0. The number of carbonyl (C=O) groups excluding carboxylic acids is 1. The maximum Gasteiger partial charge on any atom is 0.510 e. The average molecular weight is 246 g/mol. The molecule has 1 aliphatic heterocycles. The summed E-state index contributed by atoms with van der Waals surface area (Å²) in [6, 6.07) is 0. The molecule has 0 N–H and O–H groups in total. The molecule has 0 aliphatic carbocycles. The van der Waals surface area contributed by atoms with Crippen LogP contribution in [0.5, 0.6) is 0 Å². The van der Waals surface area contributed by atoms with Gasteiger partial charge in [0.1, 0.15) is 0 Å². The minimum absolute atomic E-state index is 0.352. The molecule has 5 heteroatoms. The second-order valence-electron chi connectivity index (χ2n) is 1.19. The van der Waals surface area contributed by atoms with Crippen molar-refractivity contribution in [2.45, 2.75) is 10.0 Å². The summed E-state index contributed by atoms with van der Waals surface area (Å²) >= 11 is 6.06. The Kier molecular flexibility index (Phi) is 1.77. The van der Waals surface area contributed by atoms with Gasteiger partial charge in [-0.3, -0.25) is 0 Å². The van der Waals surface area contributed by atoms with Gasteiger partial charge in [0.05, 0.1) is 0 Å². The second kappa shape index (κ2) is 2.23. The molecule has 0 saturated carbocycles. The third-order valence-electron chi connectivity index (χ3n) is 0.624. The SMILES string of the molecule is O=C1OC(Br)C(Br)O1. The van der Waals surface area contributed by atoms with Crippen molar-refractivity contribution in [2.75, 3.05) is 0 Å². The zero-order chi connectivity index (χ0) is 6.15. The van der Waals surface area contributed by atoms with Crippen molar-refractivity contribution in [3.8, 4) is 0 Å². The van der Waals surface area contributed by atoms with E-state index in [2.05, 4.69) is 41.3 Å². The number of alkyl halides is 2. The van der Waals surface area contributed by atoms with Crippen molar-refractivity contribution >= 4 is 38.0 Å². The Hall–Kier alpha value is 0.230. The fourth-order valence-electron chi connectivity index (χ4n) is 0.319. The highest BCUT2D eigenvalue weighted by atomic mass is 79.9. The average Bonchev–Trinajstić information content (AvgIpc) is 1.85. The van der Waals surface area contributed by atoms with Gasteiger partial charge in [0.2, 0.25) is 10.0 Å². The molecule has 1 saturated heterocycles. The van der Waals surface area contributed by atoms with Crippen LogP contribution in [0, 0.1) is 0 Å². The summed E-state index contributed by atoms with van der Waals surface area (Å²) in [5, 5.41) is -0.704. The van der Waals surface area contributed by atoms with Gasteiger partial charge in [-0.25, -0.2) is 4.79 Å². The predicted molar refractivity (Wildman–Crippen MR) is 33.0 cm³/mol. The van der Waals surface area contributed by atoms with Crippen molar-refractivity contribution in [3.05, 3.63) is 0 Å². The lowest BCUT2D eigenvalue weighted by Gasteiger charge is -1.96. The molecule has 1 heterocycles. The van der Waals surface area contributed by atoms with Gasteiger partial charge in [-0.05, 0) is 31.9 Å². The monoisotopic (exact) mass is 244 g/mol. The lowest BCUT2D eigenvalue weighted by molar-refractivity contribution is 0.128. The van der Waals surface area contributed by atoms with E-state index < -0.39 is 6.16 Å². The van der Waals surface area contributed by atoms with Crippen molar-refractivity contribution < 1.29 is 14.3 Å². The predicted octanol–water partition coefficient (Wildman–Crippen LogP) is 1.60. The number of carbonyl (C=O) groups is 1. The van der Waals surface area contributed by atoms with E-state index in [0.717, 1.165) is 0 Å². The molecule has 0 spiro atoms. The van der Waals surface area contributed by atoms with E-state index >= 15 is 0 Å². The lowest BCUT2D eigenvalue weighted by atomic mass is 10.8. The van der Waals surface area contributed by atoms with E-state index in [9.17, 15) is 4.79 Å². The Morgan fingerprint density at radius 1 is 1.25 bits per heavy atom. The maximum absolute atomic E-state index is 10.2. The van der Waals surface area contributed by atoms with Gasteiger partial charge in [-0.1, -0.05) is 0 Å². The first-order chi connectivity index (χ1) is 3.70. The van der Waals surface area contributed by atoms with Crippen LogP contribution in [0.1, 0.15) is 0 Å². The fourth-order valence-corrected chi connectivity index (χ4v) is 0.840. The Labute approximate surface area is 62.6 Å². The first-order valence-corrected chi connectivity index (χ1v) is 3.68. The lowest BCUT2D eigenvalue weighted by Crippen LogP contribution is -2.05. The molecule has 2 unspecified atom stereocenters. The van der Waals surface area contributed by atoms with Crippen molar-refractivity contribution in [2.24, 2.45) is 0 Å². The van der Waals surface area contributed by atoms with Gasteiger partial charge in [-0.2, -0.15) is 0 Å². The van der Waals surface area contributed by atoms with Crippen molar-refractivity contribution in [1.29, 1.82) is 0 Å². The molecule has 1 fully saturated rings. The smallest absolute Gasteiger partial charge is 0.414 e. The zero-order valence-electron chi connectivity index (χ0n) is 3.64. The standard InChI is InChI=1S/C3H2Br2O3/c4-1-2(5)8-3(6)7-1/h1-2H. The fraction of sp³-hybridized carbons (Fsp3) is 0.667. The Morgan fingerprint density at radius 2 is 1.62 bits per heavy atom. The Morgan fingerprint density at radius 3 is 1.75 bits per heavy atom. The summed E-state index contributed by atoms with van der Waals surface area (Å²) < 4.78 is 8.96. The van der Waals surface area contributed by atoms with E-state index in [4.69, 9.17) is 0 Å². The normalized spacial score (nSPS) is 36.5. The molecule has 46 valence electrons. The van der Waals surface area contributed by atoms with Crippen LogP contribution in [-0.2, 0) is 9.47 Å². The molecule has 1 aliphatic rings. The molecule has 0 aromatic heterocycles. The molecule has 2 atom stereocenters. The summed E-state index contributed by atoms with van der Waals surface area (Å²) in [4.78, 5) is 10.2. The molecule has 3 nitrogen and oxygen atoms in total. The number of hydrogen-bond donors (Lipinski definition) is 0. The molecule has 8 heavy (non-hydrogen) atoms. The Bertz CT molecular complexity index is 103. The Balaban J connectivity index is 2.51. The highest BCUT2D eigenvalue weighted by Crippen LogP contribution is 2.24. The summed E-state index contributed by atoms with van der Waals surface area (Å²) in [5.41, 5.74) is 0. The van der Waals surface area contributed by atoms with Crippen molar-refractivity contribution in [1.82, 2.24) is 0 Å². The van der Waals surface area contributed by atoms with Crippen LogP contribution in [-0.4, -0.2) is 16.2 Å². The number of cyclic esters (lactones) is 2. The van der Waals surface area contributed by atoms with Gasteiger partial charge < -0.3 is 9.47 Å². The number of hydrogen-bond acceptors (Lipinski definition) is 3. The minimum atomic E-state index is -0.645. The van der Waals surface area contributed by atoms with Gasteiger partial charge >= 0.3 is 6.16 Å². The van der Waals surface area contributed by atoms with E-state index in [1.54, 1.807) is 0 Å². The van der Waals surface area contributed by atoms with E-state index in [1.165, 1.54) is 0 Å². The van der Waals surface area contributed by atoms with Gasteiger partial charge in [0.25, 0.3) is 0 Å². The summed E-state index contributed by atoms with van der Waals surface area (Å²) in [6.45, 7) is 0. The first kappa shape index (κ1) is 6.35. The van der Waals surface area contributed by atoms with Crippen LogP contribution in [0.4, 0.5) is 4.79 Å². The quantitative estimate of drug-likeness (QED) is 0.481. The summed E-state index contributed by atoms with van der Waals surface area (Å²) in [7, 11) is 0. The van der Waals surface area contributed by atoms with Crippen LogP contribution in [0.3, 0.4) is 0 Å². The largest absolute Gasteiger partial charge is 0.510 e. The van der Waals surface area contributed by atoms with Crippen LogP contribution in [0.25, 0.3) is 0 Å². The van der Waals surface area contributed by atoms with E-state index in [1.807, 2.05) is 0 Å². The van der Waals surface area contributed by atoms with Crippen LogP contribution in [0.15, 0.2) is 0 Å². The second-order valence-corrected chi connectivity index (χ2v) is 2.99. The molecule has 0 aromatic carbocycles. The van der Waals surface area contributed by atoms with Crippen LogP contribution in [0.2, 0.25) is 0 Å². The van der Waals surface area contributed by atoms with Crippen LogP contribution < -0.4 is 0 Å².